The monoisotopic (exact) mass is 434 g/mol. The van der Waals surface area contributed by atoms with Crippen molar-refractivity contribution >= 4 is 34.5 Å². The summed E-state index contributed by atoms with van der Waals surface area (Å²) in [4.78, 5) is 18.5. The Labute approximate surface area is 187 Å². The van der Waals surface area contributed by atoms with Crippen molar-refractivity contribution in [1.82, 2.24) is 14.8 Å². The molecule has 2 aromatic heterocycles. The number of aromatic amines is 1. The molecule has 168 valence electrons. The molecule has 32 heavy (non-hydrogen) atoms. The van der Waals surface area contributed by atoms with Crippen molar-refractivity contribution in [1.29, 1.82) is 0 Å². The fourth-order valence-electron chi connectivity index (χ4n) is 3.99. The van der Waals surface area contributed by atoms with Gasteiger partial charge in [-0.2, -0.15) is 5.10 Å². The smallest absolute Gasteiger partial charge is 0.270 e. The molecule has 3 aromatic rings. The van der Waals surface area contributed by atoms with Gasteiger partial charge >= 0.3 is 0 Å². The first kappa shape index (κ1) is 21.8. The Balaban J connectivity index is 1.90. The number of nitrogen functional groups attached to an aromatic ring is 1. The highest BCUT2D eigenvalue weighted by atomic mass is 16.5. The average molecular weight is 435 g/mol. The fourth-order valence-corrected chi connectivity index (χ4v) is 3.99. The molecule has 4 N–H and O–H groups in total. The number of fused-ring (bicyclic) bond motifs is 1. The molecule has 1 saturated heterocycles. The minimum Gasteiger partial charge on any atom is -0.382 e. The molecule has 0 saturated carbocycles. The van der Waals surface area contributed by atoms with E-state index in [9.17, 15) is 4.79 Å². The molecule has 8 nitrogen and oxygen atoms in total. The topological polar surface area (TPSA) is 110 Å². The zero-order chi connectivity index (χ0) is 22.7. The van der Waals surface area contributed by atoms with Gasteiger partial charge in [-0.25, -0.2) is 0 Å². The summed E-state index contributed by atoms with van der Waals surface area (Å²) >= 11 is 0. The van der Waals surface area contributed by atoms with Crippen molar-refractivity contribution < 1.29 is 4.74 Å². The van der Waals surface area contributed by atoms with Crippen LogP contribution in [0.25, 0.3) is 22.7 Å². The van der Waals surface area contributed by atoms with E-state index in [0.717, 1.165) is 31.7 Å². The molecule has 4 rings (SSSR count). The lowest BCUT2D eigenvalue weighted by Crippen LogP contribution is -2.29. The average Bonchev–Trinajstić information content (AvgIpc) is 3.47. The number of H-pyrrole nitrogens is 1. The summed E-state index contributed by atoms with van der Waals surface area (Å²) < 4.78 is 7.37. The second-order valence-corrected chi connectivity index (χ2v) is 8.10. The van der Waals surface area contributed by atoms with Gasteiger partial charge in [0.2, 0.25) is 0 Å². The van der Waals surface area contributed by atoms with E-state index in [1.165, 1.54) is 0 Å². The molecule has 0 aliphatic carbocycles. The van der Waals surface area contributed by atoms with Crippen molar-refractivity contribution in [3.8, 4) is 5.69 Å². The number of hydrogen-bond acceptors (Lipinski definition) is 5. The maximum Gasteiger partial charge on any atom is 0.270 e. The van der Waals surface area contributed by atoms with Crippen LogP contribution in [0.4, 0.5) is 11.6 Å². The van der Waals surface area contributed by atoms with E-state index in [1.54, 1.807) is 10.6 Å². The van der Waals surface area contributed by atoms with Crippen LogP contribution in [0.15, 0.2) is 46.7 Å². The number of aliphatic imine (C=N–C) groups is 1. The zero-order valence-electron chi connectivity index (χ0n) is 18.6. The number of rotatable bonds is 7. The Morgan fingerprint density at radius 1 is 1.47 bits per heavy atom. The Bertz CT molecular complexity index is 1190. The van der Waals surface area contributed by atoms with Crippen LogP contribution in [0.3, 0.4) is 0 Å². The van der Waals surface area contributed by atoms with Crippen molar-refractivity contribution in [2.24, 2.45) is 10.9 Å². The lowest BCUT2D eigenvalue weighted by atomic mass is 10.1. The van der Waals surface area contributed by atoms with Gasteiger partial charge in [0.25, 0.3) is 5.56 Å². The molecule has 1 aromatic carbocycles. The Morgan fingerprint density at radius 2 is 2.25 bits per heavy atom. The van der Waals surface area contributed by atoms with E-state index in [1.807, 2.05) is 30.3 Å². The van der Waals surface area contributed by atoms with Gasteiger partial charge in [-0.15, -0.1) is 0 Å². The molecule has 8 heteroatoms. The van der Waals surface area contributed by atoms with Gasteiger partial charge in [0, 0.05) is 18.1 Å². The number of pyridine rings is 1. The zero-order valence-corrected chi connectivity index (χ0v) is 18.6. The highest BCUT2D eigenvalue weighted by molar-refractivity contribution is 6.03. The van der Waals surface area contributed by atoms with Crippen LogP contribution in [0, 0.1) is 5.92 Å². The standard InChI is InChI=1S/C24H30N6O2/c1-4-15(3)22(26-14-17-12-9-13-32-17)27-23-18(5-2)20-19(21(25)29-28-20)24(31)30(23)16-10-7-6-8-11-16/h5-8,10-11,15,17H,2,4,9,12-14H2,1,3H3,(H,26,27)(H3,25,28,29). The summed E-state index contributed by atoms with van der Waals surface area (Å²) in [6.45, 7) is 9.61. The molecule has 1 aliphatic heterocycles. The number of para-hydroxylation sites is 1. The molecule has 3 heterocycles. The molecular weight excluding hydrogens is 404 g/mol. The molecule has 0 bridgehead atoms. The summed E-state index contributed by atoms with van der Waals surface area (Å²) in [7, 11) is 0. The van der Waals surface area contributed by atoms with Crippen LogP contribution < -0.4 is 16.6 Å². The molecule has 1 aliphatic rings. The lowest BCUT2D eigenvalue weighted by molar-refractivity contribution is 0.118. The predicted octanol–water partition coefficient (Wildman–Crippen LogP) is 3.97. The van der Waals surface area contributed by atoms with Gasteiger partial charge in [-0.3, -0.25) is 19.5 Å². The lowest BCUT2D eigenvalue weighted by Gasteiger charge is -2.22. The Kier molecular flexibility index (Phi) is 6.41. The van der Waals surface area contributed by atoms with Crippen molar-refractivity contribution in [3.05, 3.63) is 52.8 Å². The third-order valence-electron chi connectivity index (χ3n) is 5.99. The van der Waals surface area contributed by atoms with Crippen LogP contribution in [-0.4, -0.2) is 39.9 Å². The number of amidine groups is 1. The summed E-state index contributed by atoms with van der Waals surface area (Å²) in [5.41, 5.74) is 7.76. The van der Waals surface area contributed by atoms with Crippen LogP contribution in [0.5, 0.6) is 0 Å². The number of nitrogens with one attached hydrogen (secondary N) is 2. The SMILES string of the molecule is C=Cc1c(NC(=NCC2CCCO2)C(C)CC)n(-c2ccccc2)c(=O)c2c(N)n[nH]c12. The number of anilines is 2. The summed E-state index contributed by atoms with van der Waals surface area (Å²) in [6, 6.07) is 9.46. The molecule has 2 unspecified atom stereocenters. The van der Waals surface area contributed by atoms with E-state index < -0.39 is 0 Å². The minimum atomic E-state index is -0.256. The highest BCUT2D eigenvalue weighted by Crippen LogP contribution is 2.29. The van der Waals surface area contributed by atoms with E-state index in [-0.39, 0.29) is 23.4 Å². The second kappa shape index (κ2) is 9.40. The highest BCUT2D eigenvalue weighted by Gasteiger charge is 2.23. The molecule has 0 amide bonds. The minimum absolute atomic E-state index is 0.140. The van der Waals surface area contributed by atoms with Crippen LogP contribution in [0.1, 0.15) is 38.7 Å². The van der Waals surface area contributed by atoms with Gasteiger partial charge < -0.3 is 15.8 Å². The van der Waals surface area contributed by atoms with Gasteiger partial charge in [-0.1, -0.05) is 44.7 Å². The van der Waals surface area contributed by atoms with Crippen molar-refractivity contribution in [2.75, 3.05) is 24.2 Å². The Hall–Kier alpha value is -3.39. The van der Waals surface area contributed by atoms with Crippen LogP contribution >= 0.6 is 0 Å². The summed E-state index contributed by atoms with van der Waals surface area (Å²) in [6.07, 6.45) is 4.83. The Morgan fingerprint density at radius 3 is 2.91 bits per heavy atom. The van der Waals surface area contributed by atoms with Gasteiger partial charge in [0.05, 0.1) is 23.9 Å². The molecular formula is C24H30N6O2. The molecule has 2 atom stereocenters. The number of aromatic nitrogens is 3. The van der Waals surface area contributed by atoms with Crippen molar-refractivity contribution in [3.63, 3.8) is 0 Å². The maximum atomic E-state index is 13.6. The number of ether oxygens (including phenoxy) is 1. The maximum absolute atomic E-state index is 13.6. The first-order valence-corrected chi connectivity index (χ1v) is 11.1. The quantitative estimate of drug-likeness (QED) is 0.385. The van der Waals surface area contributed by atoms with Crippen LogP contribution in [0.2, 0.25) is 0 Å². The van der Waals surface area contributed by atoms with Crippen LogP contribution in [-0.2, 0) is 4.74 Å². The number of nitrogens with two attached hydrogens (primary N) is 1. The third kappa shape index (κ3) is 4.05. The number of benzene rings is 1. The fraction of sp³-hybridized carbons (Fsp3) is 0.375. The molecule has 1 fully saturated rings. The normalized spacial score (nSPS) is 17.6. The largest absolute Gasteiger partial charge is 0.382 e. The second-order valence-electron chi connectivity index (χ2n) is 8.10. The molecule has 0 radical (unpaired) electrons. The van der Waals surface area contributed by atoms with E-state index in [4.69, 9.17) is 15.5 Å². The number of nitrogens with zero attached hydrogens (tertiary/aromatic N) is 3. The van der Waals surface area contributed by atoms with Gasteiger partial charge in [0.1, 0.15) is 17.0 Å². The van der Waals surface area contributed by atoms with Gasteiger partial charge in [-0.05, 0) is 31.4 Å². The first-order valence-electron chi connectivity index (χ1n) is 11.1. The van der Waals surface area contributed by atoms with E-state index >= 15 is 0 Å². The van der Waals surface area contributed by atoms with Crippen molar-refractivity contribution in [2.45, 2.75) is 39.2 Å². The number of hydrogen-bond donors (Lipinski definition) is 3. The summed E-state index contributed by atoms with van der Waals surface area (Å²) in [5, 5.41) is 10.8. The van der Waals surface area contributed by atoms with E-state index in [0.29, 0.717) is 34.5 Å². The summed E-state index contributed by atoms with van der Waals surface area (Å²) in [5.74, 6) is 1.72. The van der Waals surface area contributed by atoms with E-state index in [2.05, 4.69) is 35.9 Å². The predicted molar refractivity (Wildman–Crippen MR) is 131 cm³/mol. The molecule has 0 spiro atoms. The third-order valence-corrected chi connectivity index (χ3v) is 5.99. The first-order chi connectivity index (χ1) is 15.5. The van der Waals surface area contributed by atoms with Gasteiger partial charge in [0.15, 0.2) is 5.82 Å².